The lowest BCUT2D eigenvalue weighted by Gasteiger charge is -2.30. The number of ether oxygens (including phenoxy) is 1. The number of amides is 1. The summed E-state index contributed by atoms with van der Waals surface area (Å²) in [6.07, 6.45) is 5.11. The van der Waals surface area contributed by atoms with Gasteiger partial charge in [-0.25, -0.2) is 0 Å². The van der Waals surface area contributed by atoms with E-state index in [1.165, 1.54) is 5.56 Å². The third-order valence-corrected chi connectivity index (χ3v) is 5.62. The number of aliphatic imine (C=N–C) groups is 1. The van der Waals surface area contributed by atoms with Gasteiger partial charge >= 0.3 is 0 Å². The molecule has 0 aromatic heterocycles. The summed E-state index contributed by atoms with van der Waals surface area (Å²) in [5, 5.41) is 6.74. The molecular weight excluding hydrogens is 354 g/mol. The van der Waals surface area contributed by atoms with E-state index in [-0.39, 0.29) is 17.9 Å². The van der Waals surface area contributed by atoms with Crippen molar-refractivity contribution in [2.24, 2.45) is 16.6 Å². The number of fused-ring (bicyclic) bond motifs is 1. The van der Waals surface area contributed by atoms with Crippen molar-refractivity contribution in [3.63, 3.8) is 0 Å². The van der Waals surface area contributed by atoms with Crippen molar-refractivity contribution in [2.75, 3.05) is 39.8 Å². The summed E-state index contributed by atoms with van der Waals surface area (Å²) in [7, 11) is 1.79. The number of carbonyl (C=O) groups is 1. The van der Waals surface area contributed by atoms with Crippen molar-refractivity contribution in [1.82, 2.24) is 15.5 Å². The van der Waals surface area contributed by atoms with E-state index < -0.39 is 0 Å². The molecule has 1 aromatic rings. The number of nitrogens with two attached hydrogens (primary N) is 1. The highest BCUT2D eigenvalue weighted by atomic mass is 16.5. The lowest BCUT2D eigenvalue weighted by atomic mass is 9.96. The lowest BCUT2D eigenvalue weighted by Crippen LogP contribution is -2.42. The van der Waals surface area contributed by atoms with E-state index in [4.69, 9.17) is 10.5 Å². The van der Waals surface area contributed by atoms with Crippen molar-refractivity contribution < 1.29 is 9.53 Å². The molecular formula is C21H33N5O2. The van der Waals surface area contributed by atoms with Gasteiger partial charge in [-0.15, -0.1) is 0 Å². The highest BCUT2D eigenvalue weighted by Gasteiger charge is 2.23. The summed E-state index contributed by atoms with van der Waals surface area (Å²) in [5.41, 5.74) is 6.66. The van der Waals surface area contributed by atoms with Gasteiger partial charge in [0.25, 0.3) is 0 Å². The van der Waals surface area contributed by atoms with Crippen molar-refractivity contribution in [3.05, 3.63) is 29.8 Å². The van der Waals surface area contributed by atoms with E-state index in [1.54, 1.807) is 7.05 Å². The first-order chi connectivity index (χ1) is 13.7. The number of guanidine groups is 1. The molecule has 0 aliphatic carbocycles. The maximum atomic E-state index is 11.2. The Balaban J connectivity index is 1.25. The maximum absolute atomic E-state index is 11.2. The summed E-state index contributed by atoms with van der Waals surface area (Å²) in [6, 6.07) is 8.21. The zero-order valence-corrected chi connectivity index (χ0v) is 16.8. The Bertz CT molecular complexity index is 646. The number of unbranched alkanes of at least 4 members (excludes halogenated alkanes) is 1. The molecule has 1 amide bonds. The van der Waals surface area contributed by atoms with E-state index in [9.17, 15) is 4.79 Å². The SMILES string of the molecule is CN=C(NCCCCN1CCC(C(N)=O)CC1)NCC1Cc2ccccc2O1. The second-order valence-electron chi connectivity index (χ2n) is 7.66. The molecule has 1 saturated heterocycles. The Morgan fingerprint density at radius 3 is 2.75 bits per heavy atom. The predicted octanol–water partition coefficient (Wildman–Crippen LogP) is 1.13. The van der Waals surface area contributed by atoms with Gasteiger partial charge in [0.1, 0.15) is 11.9 Å². The first kappa shape index (κ1) is 20.5. The Morgan fingerprint density at radius 2 is 2.04 bits per heavy atom. The summed E-state index contributed by atoms with van der Waals surface area (Å²) in [6.45, 7) is 4.67. The fourth-order valence-corrected chi connectivity index (χ4v) is 3.91. The molecule has 154 valence electrons. The second kappa shape index (κ2) is 10.3. The standard InChI is InChI=1S/C21H33N5O2/c1-23-21(25-15-18-14-17-6-2-3-7-19(17)28-18)24-10-4-5-11-26-12-8-16(9-13-26)20(22)27/h2-3,6-7,16,18H,4-5,8-15H2,1H3,(H2,22,27)(H2,23,24,25). The molecule has 7 heteroatoms. The number of rotatable bonds is 8. The first-order valence-electron chi connectivity index (χ1n) is 10.4. The number of nitrogens with zero attached hydrogens (tertiary/aromatic N) is 2. The Labute approximate surface area is 167 Å². The van der Waals surface area contributed by atoms with Crippen LogP contribution in [0.5, 0.6) is 5.75 Å². The number of piperidine rings is 1. The smallest absolute Gasteiger partial charge is 0.220 e. The third-order valence-electron chi connectivity index (χ3n) is 5.62. The van der Waals surface area contributed by atoms with Gasteiger partial charge < -0.3 is 26.0 Å². The number of para-hydroxylation sites is 1. The van der Waals surface area contributed by atoms with Crippen molar-refractivity contribution >= 4 is 11.9 Å². The van der Waals surface area contributed by atoms with Gasteiger partial charge in [-0.05, 0) is 56.9 Å². The molecule has 28 heavy (non-hydrogen) atoms. The van der Waals surface area contributed by atoms with E-state index in [1.807, 2.05) is 12.1 Å². The van der Waals surface area contributed by atoms with Crippen LogP contribution in [0, 0.1) is 5.92 Å². The van der Waals surface area contributed by atoms with Crippen LogP contribution < -0.4 is 21.1 Å². The van der Waals surface area contributed by atoms with Crippen LogP contribution in [0.25, 0.3) is 0 Å². The largest absolute Gasteiger partial charge is 0.488 e. The van der Waals surface area contributed by atoms with Crippen LogP contribution in [-0.2, 0) is 11.2 Å². The number of hydrogen-bond acceptors (Lipinski definition) is 4. The molecule has 4 N–H and O–H groups in total. The summed E-state index contributed by atoms with van der Waals surface area (Å²) in [5.74, 6) is 1.75. The van der Waals surface area contributed by atoms with Gasteiger partial charge in [0.2, 0.25) is 5.91 Å². The second-order valence-corrected chi connectivity index (χ2v) is 7.66. The number of hydrogen-bond donors (Lipinski definition) is 3. The van der Waals surface area contributed by atoms with Gasteiger partial charge in [0, 0.05) is 25.9 Å². The average Bonchev–Trinajstić information content (AvgIpc) is 3.13. The molecule has 2 heterocycles. The van der Waals surface area contributed by atoms with Crippen LogP contribution in [0.15, 0.2) is 29.3 Å². The molecule has 2 aliphatic heterocycles. The van der Waals surface area contributed by atoms with Crippen LogP contribution >= 0.6 is 0 Å². The number of carbonyl (C=O) groups excluding carboxylic acids is 1. The molecule has 2 aliphatic rings. The predicted molar refractivity (Wildman–Crippen MR) is 112 cm³/mol. The van der Waals surface area contributed by atoms with Crippen molar-refractivity contribution in [2.45, 2.75) is 38.2 Å². The fraction of sp³-hybridized carbons (Fsp3) is 0.619. The van der Waals surface area contributed by atoms with Crippen LogP contribution in [-0.4, -0.2) is 62.6 Å². The Morgan fingerprint density at radius 1 is 1.25 bits per heavy atom. The minimum atomic E-state index is -0.144. The molecule has 0 spiro atoms. The Hall–Kier alpha value is -2.28. The van der Waals surface area contributed by atoms with Crippen LogP contribution in [0.3, 0.4) is 0 Å². The van der Waals surface area contributed by atoms with Crippen LogP contribution in [0.2, 0.25) is 0 Å². The lowest BCUT2D eigenvalue weighted by molar-refractivity contribution is -0.123. The van der Waals surface area contributed by atoms with Crippen LogP contribution in [0.4, 0.5) is 0 Å². The molecule has 1 aromatic carbocycles. The third kappa shape index (κ3) is 5.86. The molecule has 3 rings (SSSR count). The normalized spacial score (nSPS) is 20.5. The highest BCUT2D eigenvalue weighted by Crippen LogP contribution is 2.27. The quantitative estimate of drug-likeness (QED) is 0.353. The molecule has 1 atom stereocenters. The van der Waals surface area contributed by atoms with E-state index in [0.717, 1.165) is 76.5 Å². The number of primary amides is 1. The molecule has 1 unspecified atom stereocenters. The Kier molecular flexibility index (Phi) is 7.54. The topological polar surface area (TPSA) is 92.0 Å². The molecule has 7 nitrogen and oxygen atoms in total. The summed E-state index contributed by atoms with van der Waals surface area (Å²) >= 11 is 0. The average molecular weight is 388 g/mol. The minimum Gasteiger partial charge on any atom is -0.488 e. The summed E-state index contributed by atoms with van der Waals surface area (Å²) < 4.78 is 5.95. The highest BCUT2D eigenvalue weighted by molar-refractivity contribution is 5.79. The zero-order valence-electron chi connectivity index (χ0n) is 16.8. The monoisotopic (exact) mass is 387 g/mol. The zero-order chi connectivity index (χ0) is 19.8. The molecule has 1 fully saturated rings. The van der Waals surface area contributed by atoms with Crippen molar-refractivity contribution in [3.8, 4) is 5.75 Å². The molecule has 0 bridgehead atoms. The first-order valence-corrected chi connectivity index (χ1v) is 10.4. The van der Waals surface area contributed by atoms with Gasteiger partial charge in [-0.3, -0.25) is 9.79 Å². The minimum absolute atomic E-state index is 0.0731. The van der Waals surface area contributed by atoms with Gasteiger partial charge in [0.05, 0.1) is 6.54 Å². The van der Waals surface area contributed by atoms with Gasteiger partial charge in [-0.1, -0.05) is 18.2 Å². The van der Waals surface area contributed by atoms with Crippen molar-refractivity contribution in [1.29, 1.82) is 0 Å². The maximum Gasteiger partial charge on any atom is 0.220 e. The molecule has 0 saturated carbocycles. The molecule has 0 radical (unpaired) electrons. The number of benzene rings is 1. The number of nitrogens with one attached hydrogen (secondary N) is 2. The number of likely N-dealkylation sites (tertiary alicyclic amines) is 1. The van der Waals surface area contributed by atoms with Gasteiger partial charge in [-0.2, -0.15) is 0 Å². The van der Waals surface area contributed by atoms with Gasteiger partial charge in [0.15, 0.2) is 5.96 Å². The van der Waals surface area contributed by atoms with E-state index in [0.29, 0.717) is 0 Å². The van der Waals surface area contributed by atoms with Crippen LogP contribution in [0.1, 0.15) is 31.2 Å². The fourth-order valence-electron chi connectivity index (χ4n) is 3.91. The van der Waals surface area contributed by atoms with E-state index >= 15 is 0 Å². The summed E-state index contributed by atoms with van der Waals surface area (Å²) in [4.78, 5) is 17.9. The van der Waals surface area contributed by atoms with E-state index in [2.05, 4.69) is 32.7 Å².